The van der Waals surface area contributed by atoms with Crippen molar-refractivity contribution in [2.24, 2.45) is 0 Å². The second-order valence-electron chi connectivity index (χ2n) is 6.64. The van der Waals surface area contributed by atoms with Gasteiger partial charge in [-0.05, 0) is 59.7 Å². The van der Waals surface area contributed by atoms with E-state index in [2.05, 4.69) is 44.8 Å². The van der Waals surface area contributed by atoms with Gasteiger partial charge in [0.05, 0.1) is 13.2 Å². The highest BCUT2D eigenvalue weighted by Crippen LogP contribution is 2.33. The Balaban J connectivity index is 1.73. The zero-order valence-electron chi connectivity index (χ0n) is 15.4. The molecule has 3 aromatic carbocycles. The first kappa shape index (κ1) is 18.6. The Morgan fingerprint density at radius 3 is 2.32 bits per heavy atom. The molecule has 0 aliphatic carbocycles. The molecular formula is C23H21BrN2O2. The third kappa shape index (κ3) is 3.91. The maximum Gasteiger partial charge on any atom is 0.120 e. The van der Waals surface area contributed by atoms with Gasteiger partial charge in [-0.15, -0.1) is 0 Å². The Kier molecular flexibility index (Phi) is 5.37. The zero-order chi connectivity index (χ0) is 19.5. The van der Waals surface area contributed by atoms with Crippen LogP contribution in [0.5, 0.6) is 11.5 Å². The molecular weight excluding hydrogens is 416 g/mol. The van der Waals surface area contributed by atoms with Crippen molar-refractivity contribution in [1.29, 1.82) is 0 Å². The quantitative estimate of drug-likeness (QED) is 0.529. The fourth-order valence-corrected chi connectivity index (χ4v) is 3.62. The van der Waals surface area contributed by atoms with Gasteiger partial charge in [0, 0.05) is 15.7 Å². The van der Waals surface area contributed by atoms with Crippen LogP contribution < -0.4 is 15.4 Å². The van der Waals surface area contributed by atoms with Crippen LogP contribution in [0.4, 0.5) is 0 Å². The monoisotopic (exact) mass is 436 g/mol. The highest BCUT2D eigenvalue weighted by Gasteiger charge is 2.25. The number of benzene rings is 3. The summed E-state index contributed by atoms with van der Waals surface area (Å²) in [5.41, 5.74) is 4.02. The van der Waals surface area contributed by atoms with Crippen LogP contribution in [0.1, 0.15) is 28.9 Å². The van der Waals surface area contributed by atoms with Crippen molar-refractivity contribution in [3.8, 4) is 11.5 Å². The fourth-order valence-electron chi connectivity index (χ4n) is 3.35. The van der Waals surface area contributed by atoms with Gasteiger partial charge < -0.3 is 15.2 Å². The highest BCUT2D eigenvalue weighted by atomic mass is 79.9. The molecule has 142 valence electrons. The SMILES string of the molecule is COc1ccc(C2=CC(c3ccccc3O)NC(c3ccc(Br)cc3)N2)cc1. The number of ether oxygens (including phenoxy) is 1. The molecule has 3 N–H and O–H groups in total. The van der Waals surface area contributed by atoms with Gasteiger partial charge in [0.15, 0.2) is 0 Å². The highest BCUT2D eigenvalue weighted by molar-refractivity contribution is 9.10. The number of phenolic OH excluding ortho intramolecular Hbond substituents is 1. The molecule has 2 unspecified atom stereocenters. The Bertz CT molecular complexity index is 984. The van der Waals surface area contributed by atoms with E-state index in [0.29, 0.717) is 0 Å². The lowest BCUT2D eigenvalue weighted by atomic mass is 9.98. The van der Waals surface area contributed by atoms with Crippen LogP contribution in [0.15, 0.2) is 83.3 Å². The molecule has 0 saturated heterocycles. The summed E-state index contributed by atoms with van der Waals surface area (Å²) in [7, 11) is 1.66. The van der Waals surface area contributed by atoms with E-state index in [4.69, 9.17) is 4.74 Å². The van der Waals surface area contributed by atoms with Crippen LogP contribution in [0.2, 0.25) is 0 Å². The molecule has 0 spiro atoms. The van der Waals surface area contributed by atoms with Gasteiger partial charge in [-0.3, -0.25) is 5.32 Å². The zero-order valence-corrected chi connectivity index (χ0v) is 17.0. The number of rotatable bonds is 4. The van der Waals surface area contributed by atoms with E-state index in [1.807, 2.05) is 54.6 Å². The van der Waals surface area contributed by atoms with Gasteiger partial charge in [-0.2, -0.15) is 0 Å². The molecule has 3 aromatic rings. The van der Waals surface area contributed by atoms with Gasteiger partial charge in [0.1, 0.15) is 17.7 Å². The summed E-state index contributed by atoms with van der Waals surface area (Å²) in [6.07, 6.45) is 2.01. The van der Waals surface area contributed by atoms with E-state index < -0.39 is 0 Å². The molecule has 0 amide bonds. The van der Waals surface area contributed by atoms with Crippen molar-refractivity contribution in [1.82, 2.24) is 10.6 Å². The molecule has 0 fully saturated rings. The number of phenols is 1. The summed E-state index contributed by atoms with van der Waals surface area (Å²) in [5.74, 6) is 1.10. The van der Waals surface area contributed by atoms with Crippen molar-refractivity contribution < 1.29 is 9.84 Å². The van der Waals surface area contributed by atoms with E-state index in [0.717, 1.165) is 32.6 Å². The van der Waals surface area contributed by atoms with Crippen LogP contribution in [0.25, 0.3) is 5.70 Å². The van der Waals surface area contributed by atoms with Crippen LogP contribution >= 0.6 is 15.9 Å². The average molecular weight is 437 g/mol. The summed E-state index contributed by atoms with van der Waals surface area (Å²) in [4.78, 5) is 0. The van der Waals surface area contributed by atoms with E-state index in [9.17, 15) is 5.11 Å². The molecule has 0 bridgehead atoms. The minimum Gasteiger partial charge on any atom is -0.508 e. The first-order chi connectivity index (χ1) is 13.6. The van der Waals surface area contributed by atoms with Gasteiger partial charge in [-0.1, -0.05) is 46.3 Å². The first-order valence-corrected chi connectivity index (χ1v) is 9.85. The Labute approximate surface area is 173 Å². The smallest absolute Gasteiger partial charge is 0.120 e. The number of nitrogens with one attached hydrogen (secondary N) is 2. The fraction of sp³-hybridized carbons (Fsp3) is 0.130. The predicted molar refractivity (Wildman–Crippen MR) is 115 cm³/mol. The van der Waals surface area contributed by atoms with Crippen LogP contribution in [0.3, 0.4) is 0 Å². The largest absolute Gasteiger partial charge is 0.508 e. The van der Waals surface area contributed by atoms with Crippen molar-refractivity contribution >= 4 is 21.6 Å². The molecule has 5 heteroatoms. The topological polar surface area (TPSA) is 53.5 Å². The molecule has 1 aliphatic heterocycles. The molecule has 0 saturated carbocycles. The number of hydrogen-bond acceptors (Lipinski definition) is 4. The minimum absolute atomic E-state index is 0.0974. The molecule has 1 heterocycles. The van der Waals surface area contributed by atoms with Crippen molar-refractivity contribution in [3.05, 3.63) is 100 Å². The average Bonchev–Trinajstić information content (AvgIpc) is 2.74. The molecule has 0 radical (unpaired) electrons. The Morgan fingerprint density at radius 1 is 0.929 bits per heavy atom. The van der Waals surface area contributed by atoms with Gasteiger partial charge in [0.2, 0.25) is 0 Å². The maximum atomic E-state index is 10.4. The van der Waals surface area contributed by atoms with Crippen molar-refractivity contribution in [2.45, 2.75) is 12.2 Å². The normalized spacial score (nSPS) is 18.9. The van der Waals surface area contributed by atoms with E-state index in [1.54, 1.807) is 13.2 Å². The Morgan fingerprint density at radius 2 is 1.64 bits per heavy atom. The van der Waals surface area contributed by atoms with Gasteiger partial charge >= 0.3 is 0 Å². The third-order valence-corrected chi connectivity index (χ3v) is 5.38. The second-order valence-corrected chi connectivity index (χ2v) is 7.56. The number of halogens is 1. The molecule has 4 rings (SSSR count). The van der Waals surface area contributed by atoms with E-state index in [1.165, 1.54) is 0 Å². The van der Waals surface area contributed by atoms with Gasteiger partial charge in [-0.25, -0.2) is 0 Å². The van der Waals surface area contributed by atoms with Crippen LogP contribution in [0, 0.1) is 0 Å². The number of methoxy groups -OCH3 is 1. The third-order valence-electron chi connectivity index (χ3n) is 4.86. The summed E-state index contributed by atoms with van der Waals surface area (Å²) in [6, 6.07) is 23.5. The first-order valence-electron chi connectivity index (χ1n) is 9.06. The van der Waals surface area contributed by atoms with Crippen molar-refractivity contribution in [3.63, 3.8) is 0 Å². The maximum absolute atomic E-state index is 10.4. The lowest BCUT2D eigenvalue weighted by Crippen LogP contribution is -2.39. The number of para-hydroxylation sites is 1. The number of aromatic hydroxyl groups is 1. The van der Waals surface area contributed by atoms with Crippen molar-refractivity contribution in [2.75, 3.05) is 7.11 Å². The van der Waals surface area contributed by atoms with Gasteiger partial charge in [0.25, 0.3) is 0 Å². The molecule has 0 aromatic heterocycles. The summed E-state index contributed by atoms with van der Waals surface area (Å²) < 4.78 is 6.31. The van der Waals surface area contributed by atoms with E-state index in [-0.39, 0.29) is 18.0 Å². The Hall–Kier alpha value is -2.76. The summed E-state index contributed by atoms with van der Waals surface area (Å²) >= 11 is 3.49. The lowest BCUT2D eigenvalue weighted by molar-refractivity contribution is 0.414. The van der Waals surface area contributed by atoms with Crippen LogP contribution in [-0.4, -0.2) is 12.2 Å². The molecule has 4 nitrogen and oxygen atoms in total. The molecule has 1 aliphatic rings. The second kappa shape index (κ2) is 8.09. The minimum atomic E-state index is -0.131. The summed E-state index contributed by atoms with van der Waals surface area (Å²) in [5, 5.41) is 17.5. The predicted octanol–water partition coefficient (Wildman–Crippen LogP) is 5.14. The van der Waals surface area contributed by atoms with E-state index >= 15 is 0 Å². The standard InChI is InChI=1S/C23H21BrN2O2/c1-28-18-12-8-15(9-13-18)20-14-21(19-4-2-3-5-22(19)27)26-23(25-20)16-6-10-17(24)11-7-16/h2-14,21,23,25-27H,1H3. The molecule has 28 heavy (non-hydrogen) atoms. The van der Waals surface area contributed by atoms with Crippen LogP contribution in [-0.2, 0) is 0 Å². The lowest BCUT2D eigenvalue weighted by Gasteiger charge is -2.33. The number of hydrogen-bond donors (Lipinski definition) is 3. The molecule has 2 atom stereocenters. The summed E-state index contributed by atoms with van der Waals surface area (Å²) in [6.45, 7) is 0.